The molecule has 0 aromatic rings. The average molecular weight is 156 g/mol. The first-order valence-corrected chi connectivity index (χ1v) is 4.20. The molecule has 2 heteroatoms. The molecule has 2 nitrogen and oxygen atoms in total. The molecule has 1 unspecified atom stereocenters. The topological polar surface area (TPSA) is 18.5 Å². The Kier molecular flexibility index (Phi) is 4.24. The van der Waals surface area contributed by atoms with Crippen LogP contribution in [-0.2, 0) is 9.47 Å². The van der Waals surface area contributed by atoms with Gasteiger partial charge in [-0.1, -0.05) is 12.2 Å². The van der Waals surface area contributed by atoms with Crippen molar-refractivity contribution in [2.45, 2.75) is 25.4 Å². The molecule has 0 bridgehead atoms. The smallest absolute Gasteiger partial charge is 0.0757 e. The van der Waals surface area contributed by atoms with Gasteiger partial charge in [0.1, 0.15) is 0 Å². The zero-order valence-corrected chi connectivity index (χ0v) is 7.08. The van der Waals surface area contributed by atoms with Crippen LogP contribution in [0.15, 0.2) is 12.2 Å². The number of hydrogen-bond donors (Lipinski definition) is 0. The molecule has 1 aliphatic rings. The van der Waals surface area contributed by atoms with Gasteiger partial charge in [0, 0.05) is 7.11 Å². The van der Waals surface area contributed by atoms with E-state index in [1.807, 2.05) is 0 Å². The molecule has 0 amide bonds. The van der Waals surface area contributed by atoms with E-state index in [9.17, 15) is 0 Å². The molecule has 0 radical (unpaired) electrons. The molecule has 0 aliphatic heterocycles. The third-order valence-electron chi connectivity index (χ3n) is 1.83. The second kappa shape index (κ2) is 5.33. The number of ether oxygens (including phenoxy) is 2. The van der Waals surface area contributed by atoms with Crippen LogP contribution in [0.5, 0.6) is 0 Å². The van der Waals surface area contributed by atoms with E-state index in [0.29, 0.717) is 19.3 Å². The van der Waals surface area contributed by atoms with Crippen molar-refractivity contribution in [2.24, 2.45) is 0 Å². The highest BCUT2D eigenvalue weighted by Crippen LogP contribution is 2.12. The second-order valence-corrected chi connectivity index (χ2v) is 2.76. The zero-order valence-electron chi connectivity index (χ0n) is 7.08. The van der Waals surface area contributed by atoms with Gasteiger partial charge in [-0.05, 0) is 19.3 Å². The van der Waals surface area contributed by atoms with Gasteiger partial charge in [-0.25, -0.2) is 0 Å². The van der Waals surface area contributed by atoms with E-state index in [2.05, 4.69) is 12.2 Å². The van der Waals surface area contributed by atoms with Gasteiger partial charge in [-0.15, -0.1) is 0 Å². The quantitative estimate of drug-likeness (QED) is 0.456. The summed E-state index contributed by atoms with van der Waals surface area (Å²) in [6.07, 6.45) is 8.33. The van der Waals surface area contributed by atoms with E-state index in [0.717, 1.165) is 0 Å². The maximum absolute atomic E-state index is 5.51. The van der Waals surface area contributed by atoms with Gasteiger partial charge in [0.15, 0.2) is 0 Å². The Balaban J connectivity index is 2.05. The zero-order chi connectivity index (χ0) is 7.94. The van der Waals surface area contributed by atoms with Gasteiger partial charge < -0.3 is 9.47 Å². The molecule has 1 aliphatic carbocycles. The van der Waals surface area contributed by atoms with Gasteiger partial charge >= 0.3 is 0 Å². The van der Waals surface area contributed by atoms with E-state index < -0.39 is 0 Å². The predicted octanol–water partition coefficient (Wildman–Crippen LogP) is 1.76. The maximum atomic E-state index is 5.51. The number of hydrogen-bond acceptors (Lipinski definition) is 2. The summed E-state index contributed by atoms with van der Waals surface area (Å²) in [6, 6.07) is 0. The SMILES string of the molecule is COCCOC1C=CCCC1. The Hall–Kier alpha value is -0.340. The normalized spacial score (nSPS) is 23.9. The molecule has 0 fully saturated rings. The lowest BCUT2D eigenvalue weighted by atomic mass is 10.1. The third kappa shape index (κ3) is 3.54. The molecule has 0 aromatic carbocycles. The number of allylic oxidation sites excluding steroid dienone is 1. The minimum atomic E-state index is 0.346. The largest absolute Gasteiger partial charge is 0.382 e. The van der Waals surface area contributed by atoms with Crippen molar-refractivity contribution in [1.29, 1.82) is 0 Å². The first-order valence-electron chi connectivity index (χ1n) is 4.20. The molecule has 64 valence electrons. The summed E-state index contributed by atoms with van der Waals surface area (Å²) in [4.78, 5) is 0. The monoisotopic (exact) mass is 156 g/mol. The fourth-order valence-corrected chi connectivity index (χ4v) is 1.20. The molecule has 1 rings (SSSR count). The summed E-state index contributed by atoms with van der Waals surface area (Å²) in [5.41, 5.74) is 0. The molecule has 0 saturated heterocycles. The van der Waals surface area contributed by atoms with Crippen LogP contribution in [0, 0.1) is 0 Å². The van der Waals surface area contributed by atoms with Gasteiger partial charge in [0.2, 0.25) is 0 Å². The Morgan fingerprint density at radius 3 is 3.00 bits per heavy atom. The second-order valence-electron chi connectivity index (χ2n) is 2.76. The fourth-order valence-electron chi connectivity index (χ4n) is 1.20. The molecule has 0 aromatic heterocycles. The molecule has 0 N–H and O–H groups in total. The highest BCUT2D eigenvalue weighted by atomic mass is 16.5. The van der Waals surface area contributed by atoms with Crippen LogP contribution in [0.2, 0.25) is 0 Å². The first-order chi connectivity index (χ1) is 5.43. The molecule has 0 heterocycles. The van der Waals surface area contributed by atoms with Crippen molar-refractivity contribution >= 4 is 0 Å². The lowest BCUT2D eigenvalue weighted by Crippen LogP contribution is -2.15. The van der Waals surface area contributed by atoms with Crippen LogP contribution in [0.25, 0.3) is 0 Å². The van der Waals surface area contributed by atoms with Crippen LogP contribution >= 0.6 is 0 Å². The Morgan fingerprint density at radius 2 is 2.36 bits per heavy atom. The number of rotatable bonds is 4. The van der Waals surface area contributed by atoms with Crippen molar-refractivity contribution in [3.05, 3.63) is 12.2 Å². The van der Waals surface area contributed by atoms with Gasteiger partial charge in [0.05, 0.1) is 19.3 Å². The van der Waals surface area contributed by atoms with Crippen LogP contribution in [0.4, 0.5) is 0 Å². The van der Waals surface area contributed by atoms with Crippen molar-refractivity contribution in [1.82, 2.24) is 0 Å². The Labute approximate surface area is 68.2 Å². The fraction of sp³-hybridized carbons (Fsp3) is 0.778. The molecular formula is C9H16O2. The number of methoxy groups -OCH3 is 1. The Bertz CT molecular complexity index is 121. The van der Waals surface area contributed by atoms with Crippen molar-refractivity contribution in [3.8, 4) is 0 Å². The lowest BCUT2D eigenvalue weighted by molar-refractivity contribution is 0.0335. The summed E-state index contributed by atoms with van der Waals surface area (Å²) in [5, 5.41) is 0. The summed E-state index contributed by atoms with van der Waals surface area (Å²) in [5.74, 6) is 0. The summed E-state index contributed by atoms with van der Waals surface area (Å²) >= 11 is 0. The van der Waals surface area contributed by atoms with Crippen LogP contribution in [0.1, 0.15) is 19.3 Å². The molecule has 11 heavy (non-hydrogen) atoms. The Morgan fingerprint density at radius 1 is 1.45 bits per heavy atom. The summed E-state index contributed by atoms with van der Waals surface area (Å²) in [7, 11) is 1.69. The average Bonchev–Trinajstić information content (AvgIpc) is 2.07. The van der Waals surface area contributed by atoms with E-state index in [-0.39, 0.29) is 0 Å². The van der Waals surface area contributed by atoms with E-state index in [1.165, 1.54) is 19.3 Å². The lowest BCUT2D eigenvalue weighted by Gasteiger charge is -2.16. The van der Waals surface area contributed by atoms with Crippen LogP contribution in [-0.4, -0.2) is 26.4 Å². The minimum absolute atomic E-state index is 0.346. The van der Waals surface area contributed by atoms with Gasteiger partial charge in [0.25, 0.3) is 0 Å². The highest BCUT2D eigenvalue weighted by Gasteiger charge is 2.06. The van der Waals surface area contributed by atoms with E-state index in [4.69, 9.17) is 9.47 Å². The summed E-state index contributed by atoms with van der Waals surface area (Å²) in [6.45, 7) is 1.41. The van der Waals surface area contributed by atoms with Crippen LogP contribution < -0.4 is 0 Å². The first kappa shape index (κ1) is 8.75. The maximum Gasteiger partial charge on any atom is 0.0757 e. The standard InChI is InChI=1S/C9H16O2/c1-10-7-8-11-9-5-3-2-4-6-9/h3,5,9H,2,4,6-8H2,1H3. The molecular weight excluding hydrogens is 140 g/mol. The summed E-state index contributed by atoms with van der Waals surface area (Å²) < 4.78 is 10.4. The van der Waals surface area contributed by atoms with E-state index >= 15 is 0 Å². The molecule has 0 saturated carbocycles. The molecule has 1 atom stereocenters. The van der Waals surface area contributed by atoms with Crippen molar-refractivity contribution in [2.75, 3.05) is 20.3 Å². The van der Waals surface area contributed by atoms with Gasteiger partial charge in [-0.2, -0.15) is 0 Å². The predicted molar refractivity (Wildman–Crippen MR) is 44.6 cm³/mol. The van der Waals surface area contributed by atoms with E-state index in [1.54, 1.807) is 7.11 Å². The highest BCUT2D eigenvalue weighted by molar-refractivity contribution is 4.93. The minimum Gasteiger partial charge on any atom is -0.382 e. The van der Waals surface area contributed by atoms with Crippen molar-refractivity contribution < 1.29 is 9.47 Å². The third-order valence-corrected chi connectivity index (χ3v) is 1.83. The van der Waals surface area contributed by atoms with Crippen molar-refractivity contribution in [3.63, 3.8) is 0 Å². The molecule has 0 spiro atoms. The van der Waals surface area contributed by atoms with Gasteiger partial charge in [-0.3, -0.25) is 0 Å². The van der Waals surface area contributed by atoms with Crippen LogP contribution in [0.3, 0.4) is 0 Å².